The third-order valence-corrected chi connectivity index (χ3v) is 5.00. The summed E-state index contributed by atoms with van der Waals surface area (Å²) in [6.07, 6.45) is 0. The first-order valence-electron chi connectivity index (χ1n) is 9.97. The van der Waals surface area contributed by atoms with Crippen LogP contribution in [0.3, 0.4) is 0 Å². The number of carbonyl (C=O) groups excluding carboxylic acids is 1. The molecule has 0 aliphatic carbocycles. The fourth-order valence-electron chi connectivity index (χ4n) is 3.70. The number of nitrogens with zero attached hydrogens (tertiary/aromatic N) is 3. The van der Waals surface area contributed by atoms with Crippen LogP contribution in [0.2, 0.25) is 0 Å². The van der Waals surface area contributed by atoms with Gasteiger partial charge in [0.05, 0.1) is 12.2 Å². The van der Waals surface area contributed by atoms with Crippen molar-refractivity contribution in [3.8, 4) is 0 Å². The lowest BCUT2D eigenvalue weighted by Gasteiger charge is -2.11. The van der Waals surface area contributed by atoms with Crippen molar-refractivity contribution in [2.45, 2.75) is 26.9 Å². The molecule has 154 valence electrons. The highest BCUT2D eigenvalue weighted by Crippen LogP contribution is 2.27. The lowest BCUT2D eigenvalue weighted by molar-refractivity contribution is 0.0996. The summed E-state index contributed by atoms with van der Waals surface area (Å²) in [7, 11) is 3.96. The second-order valence-electron chi connectivity index (χ2n) is 7.88. The molecule has 0 saturated heterocycles. The van der Waals surface area contributed by atoms with Gasteiger partial charge in [-0.25, -0.2) is 0 Å². The van der Waals surface area contributed by atoms with E-state index in [0.717, 1.165) is 39.2 Å². The average molecular weight is 402 g/mol. The SMILES string of the molecule is Cc1cc(C)n(Cc2cccc(NC(=O)c3oc4ccccc4c3CN(C)C)c2)n1. The Labute approximate surface area is 176 Å². The van der Waals surface area contributed by atoms with Crippen LogP contribution in [0.4, 0.5) is 5.69 Å². The summed E-state index contributed by atoms with van der Waals surface area (Å²) in [5, 5.41) is 8.48. The summed E-state index contributed by atoms with van der Waals surface area (Å²) in [4.78, 5) is 15.1. The van der Waals surface area contributed by atoms with E-state index in [-0.39, 0.29) is 5.91 Å². The molecule has 0 radical (unpaired) electrons. The van der Waals surface area contributed by atoms with Crippen LogP contribution in [-0.2, 0) is 13.1 Å². The number of hydrogen-bond donors (Lipinski definition) is 1. The number of fused-ring (bicyclic) bond motifs is 1. The van der Waals surface area contributed by atoms with Crippen LogP contribution < -0.4 is 5.32 Å². The maximum atomic E-state index is 13.1. The standard InChI is InChI=1S/C24H26N4O2/c1-16-12-17(2)28(26-16)14-18-8-7-9-19(13-18)25-24(29)23-21(15-27(3)4)20-10-5-6-11-22(20)30-23/h5-13H,14-15H2,1-4H3,(H,25,29). The number of furan rings is 1. The minimum absolute atomic E-state index is 0.244. The number of amides is 1. The Morgan fingerprint density at radius 1 is 1.10 bits per heavy atom. The van der Waals surface area contributed by atoms with E-state index in [1.165, 1.54) is 0 Å². The van der Waals surface area contributed by atoms with Crippen LogP contribution in [0.25, 0.3) is 11.0 Å². The normalized spacial score (nSPS) is 11.4. The number of benzene rings is 2. The van der Waals surface area contributed by atoms with Crippen LogP contribution in [0.1, 0.15) is 33.1 Å². The average Bonchev–Trinajstić information content (AvgIpc) is 3.21. The molecule has 2 heterocycles. The Morgan fingerprint density at radius 2 is 1.90 bits per heavy atom. The van der Waals surface area contributed by atoms with Gasteiger partial charge in [-0.15, -0.1) is 0 Å². The Bertz CT molecular complexity index is 1200. The van der Waals surface area contributed by atoms with Crippen molar-refractivity contribution in [1.29, 1.82) is 0 Å². The second kappa shape index (κ2) is 8.16. The van der Waals surface area contributed by atoms with Crippen LogP contribution in [0, 0.1) is 13.8 Å². The van der Waals surface area contributed by atoms with Gasteiger partial charge in [0.25, 0.3) is 5.91 Å². The number of anilines is 1. The molecule has 6 heteroatoms. The summed E-state index contributed by atoms with van der Waals surface area (Å²) in [6, 6.07) is 17.6. The predicted octanol–water partition coefficient (Wildman–Crippen LogP) is 4.61. The Kier molecular flexibility index (Phi) is 5.42. The van der Waals surface area contributed by atoms with E-state index >= 15 is 0 Å². The molecule has 4 rings (SSSR count). The first kappa shape index (κ1) is 19.9. The molecule has 0 atom stereocenters. The number of aryl methyl sites for hydroxylation is 2. The zero-order chi connectivity index (χ0) is 21.3. The molecule has 0 fully saturated rings. The van der Waals surface area contributed by atoms with E-state index in [1.807, 2.05) is 86.1 Å². The molecule has 4 aromatic rings. The van der Waals surface area contributed by atoms with Crippen molar-refractivity contribution in [2.24, 2.45) is 0 Å². The third-order valence-electron chi connectivity index (χ3n) is 5.00. The van der Waals surface area contributed by atoms with E-state index in [1.54, 1.807) is 0 Å². The maximum absolute atomic E-state index is 13.1. The molecule has 2 aromatic heterocycles. The predicted molar refractivity (Wildman–Crippen MR) is 119 cm³/mol. The topological polar surface area (TPSA) is 63.3 Å². The van der Waals surface area contributed by atoms with E-state index in [0.29, 0.717) is 18.8 Å². The fraction of sp³-hybridized carbons (Fsp3) is 0.250. The molecule has 0 spiro atoms. The summed E-state index contributed by atoms with van der Waals surface area (Å²) < 4.78 is 7.89. The van der Waals surface area contributed by atoms with Crippen molar-refractivity contribution in [3.05, 3.63) is 82.9 Å². The molecule has 30 heavy (non-hydrogen) atoms. The largest absolute Gasteiger partial charge is 0.451 e. The zero-order valence-corrected chi connectivity index (χ0v) is 17.8. The molecule has 0 bridgehead atoms. The molecular formula is C24H26N4O2. The number of aromatic nitrogens is 2. The van der Waals surface area contributed by atoms with Gasteiger partial charge in [-0.1, -0.05) is 30.3 Å². The van der Waals surface area contributed by atoms with Crippen LogP contribution in [0.15, 0.2) is 59.0 Å². The van der Waals surface area contributed by atoms with Gasteiger partial charge in [-0.3, -0.25) is 9.48 Å². The zero-order valence-electron chi connectivity index (χ0n) is 17.8. The molecule has 1 N–H and O–H groups in total. The van der Waals surface area contributed by atoms with Crippen molar-refractivity contribution in [2.75, 3.05) is 19.4 Å². The number of carbonyl (C=O) groups is 1. The lowest BCUT2D eigenvalue weighted by Crippen LogP contribution is -2.17. The van der Waals surface area contributed by atoms with Gasteiger partial charge >= 0.3 is 0 Å². The van der Waals surface area contributed by atoms with Crippen LogP contribution >= 0.6 is 0 Å². The quantitative estimate of drug-likeness (QED) is 0.512. The third kappa shape index (κ3) is 4.14. The highest BCUT2D eigenvalue weighted by Gasteiger charge is 2.21. The molecule has 1 amide bonds. The summed E-state index contributed by atoms with van der Waals surface area (Å²) >= 11 is 0. The number of nitrogens with one attached hydrogen (secondary N) is 1. The van der Waals surface area contributed by atoms with Crippen molar-refractivity contribution < 1.29 is 9.21 Å². The lowest BCUT2D eigenvalue weighted by atomic mass is 10.1. The van der Waals surface area contributed by atoms with Crippen molar-refractivity contribution >= 4 is 22.6 Å². The number of hydrogen-bond acceptors (Lipinski definition) is 4. The van der Waals surface area contributed by atoms with Gasteiger partial charge in [0.2, 0.25) is 0 Å². The first-order valence-corrected chi connectivity index (χ1v) is 9.97. The molecule has 0 aliphatic heterocycles. The van der Waals surface area contributed by atoms with Gasteiger partial charge in [0, 0.05) is 28.9 Å². The second-order valence-corrected chi connectivity index (χ2v) is 7.88. The molecule has 0 unspecified atom stereocenters. The Balaban J connectivity index is 1.59. The fourth-order valence-corrected chi connectivity index (χ4v) is 3.70. The first-order chi connectivity index (χ1) is 14.4. The highest BCUT2D eigenvalue weighted by atomic mass is 16.3. The maximum Gasteiger partial charge on any atom is 0.291 e. The minimum atomic E-state index is -0.244. The summed E-state index contributed by atoms with van der Waals surface area (Å²) in [6.45, 7) is 5.30. The summed E-state index contributed by atoms with van der Waals surface area (Å²) in [5.41, 5.74) is 5.52. The van der Waals surface area contributed by atoms with Crippen molar-refractivity contribution in [1.82, 2.24) is 14.7 Å². The van der Waals surface area contributed by atoms with E-state index in [2.05, 4.69) is 16.5 Å². The van der Waals surface area contributed by atoms with E-state index in [9.17, 15) is 4.79 Å². The molecule has 6 nitrogen and oxygen atoms in total. The van der Waals surface area contributed by atoms with Crippen molar-refractivity contribution in [3.63, 3.8) is 0 Å². The molecule has 0 saturated carbocycles. The monoisotopic (exact) mass is 402 g/mol. The van der Waals surface area contributed by atoms with Crippen LogP contribution in [-0.4, -0.2) is 34.7 Å². The molecule has 0 aliphatic rings. The van der Waals surface area contributed by atoms with E-state index < -0.39 is 0 Å². The van der Waals surface area contributed by atoms with Gasteiger partial charge in [0.15, 0.2) is 5.76 Å². The number of para-hydroxylation sites is 1. The van der Waals surface area contributed by atoms with Gasteiger partial charge in [0.1, 0.15) is 5.58 Å². The van der Waals surface area contributed by atoms with Gasteiger partial charge in [-0.2, -0.15) is 5.10 Å². The molecular weight excluding hydrogens is 376 g/mol. The van der Waals surface area contributed by atoms with E-state index in [4.69, 9.17) is 4.42 Å². The highest BCUT2D eigenvalue weighted by molar-refractivity contribution is 6.06. The Hall–Kier alpha value is -3.38. The van der Waals surface area contributed by atoms with Gasteiger partial charge < -0.3 is 14.6 Å². The molecule has 2 aromatic carbocycles. The van der Waals surface area contributed by atoms with Gasteiger partial charge in [-0.05, 0) is 57.8 Å². The minimum Gasteiger partial charge on any atom is -0.451 e. The Morgan fingerprint density at radius 3 is 2.63 bits per heavy atom. The summed E-state index contributed by atoms with van der Waals surface area (Å²) in [5.74, 6) is 0.111. The van der Waals surface area contributed by atoms with Crippen LogP contribution in [0.5, 0.6) is 0 Å². The smallest absolute Gasteiger partial charge is 0.291 e. The number of rotatable bonds is 6.